The number of aryl methyl sites for hydroxylation is 1. The van der Waals surface area contributed by atoms with Crippen LogP contribution in [0.3, 0.4) is 0 Å². The summed E-state index contributed by atoms with van der Waals surface area (Å²) in [5.41, 5.74) is 2.34. The first-order valence-corrected chi connectivity index (χ1v) is 9.67. The molecule has 3 rings (SSSR count). The second kappa shape index (κ2) is 8.51. The van der Waals surface area contributed by atoms with Crippen molar-refractivity contribution in [2.24, 2.45) is 0 Å². The number of carbonyl (C=O) groups is 2. The van der Waals surface area contributed by atoms with Gasteiger partial charge in [0.25, 0.3) is 5.91 Å². The molecule has 26 heavy (non-hydrogen) atoms. The number of thiophene rings is 1. The highest BCUT2D eigenvalue weighted by Crippen LogP contribution is 2.20. The van der Waals surface area contributed by atoms with Crippen LogP contribution < -0.4 is 5.32 Å². The van der Waals surface area contributed by atoms with Gasteiger partial charge in [-0.1, -0.05) is 6.07 Å². The zero-order valence-corrected chi connectivity index (χ0v) is 15.9. The van der Waals surface area contributed by atoms with Gasteiger partial charge in [-0.3, -0.25) is 4.79 Å². The van der Waals surface area contributed by atoms with E-state index in [-0.39, 0.29) is 18.6 Å². The molecule has 1 aliphatic heterocycles. The summed E-state index contributed by atoms with van der Waals surface area (Å²) in [7, 11) is 0. The number of nitrogens with one attached hydrogen (secondary N) is 1. The molecule has 1 aliphatic rings. The van der Waals surface area contributed by atoms with Gasteiger partial charge in [0, 0.05) is 29.4 Å². The van der Waals surface area contributed by atoms with Gasteiger partial charge in [-0.05, 0) is 44.2 Å². The normalized spacial score (nSPS) is 16.6. The highest BCUT2D eigenvalue weighted by molar-refractivity contribution is 7.09. The maximum atomic E-state index is 12.4. The molecule has 7 heteroatoms. The fourth-order valence-corrected chi connectivity index (χ4v) is 3.80. The number of aromatic nitrogens is 1. The highest BCUT2D eigenvalue weighted by atomic mass is 32.1. The van der Waals surface area contributed by atoms with Crippen LogP contribution in [-0.4, -0.2) is 42.3 Å². The van der Waals surface area contributed by atoms with Crippen molar-refractivity contribution in [3.05, 3.63) is 45.4 Å². The van der Waals surface area contributed by atoms with Crippen molar-refractivity contribution in [1.82, 2.24) is 9.88 Å². The maximum absolute atomic E-state index is 12.4. The number of hydrogen-bond donors (Lipinski definition) is 1. The average Bonchev–Trinajstić information content (AvgIpc) is 3.37. The molecule has 2 aromatic heterocycles. The summed E-state index contributed by atoms with van der Waals surface area (Å²) in [6, 6.07) is 5.90. The maximum Gasteiger partial charge on any atom is 0.340 e. The number of hydrogen-bond acceptors (Lipinski definition) is 5. The van der Waals surface area contributed by atoms with Crippen molar-refractivity contribution < 1.29 is 19.1 Å². The summed E-state index contributed by atoms with van der Waals surface area (Å²) >= 11 is 1.68. The second-order valence-corrected chi connectivity index (χ2v) is 7.50. The van der Waals surface area contributed by atoms with Gasteiger partial charge in [-0.2, -0.15) is 0 Å². The molecule has 0 radical (unpaired) electrons. The first-order chi connectivity index (χ1) is 12.5. The van der Waals surface area contributed by atoms with E-state index in [2.05, 4.69) is 16.0 Å². The average molecular weight is 376 g/mol. The molecule has 1 amide bonds. The van der Waals surface area contributed by atoms with Crippen molar-refractivity contribution in [2.45, 2.75) is 39.3 Å². The molecule has 140 valence electrons. The Labute approximate surface area is 157 Å². The molecule has 0 unspecified atom stereocenters. The third-order valence-corrected chi connectivity index (χ3v) is 5.43. The highest BCUT2D eigenvalue weighted by Gasteiger charge is 2.19. The Hall–Kier alpha value is -2.12. The molecule has 0 aliphatic carbocycles. The van der Waals surface area contributed by atoms with Gasteiger partial charge >= 0.3 is 5.97 Å². The molecule has 1 fully saturated rings. The van der Waals surface area contributed by atoms with Crippen LogP contribution in [0.15, 0.2) is 23.6 Å². The van der Waals surface area contributed by atoms with Gasteiger partial charge in [0.15, 0.2) is 6.61 Å². The van der Waals surface area contributed by atoms with E-state index >= 15 is 0 Å². The van der Waals surface area contributed by atoms with Crippen molar-refractivity contribution in [3.63, 3.8) is 0 Å². The molecule has 0 bridgehead atoms. The van der Waals surface area contributed by atoms with Crippen LogP contribution >= 0.6 is 11.3 Å². The van der Waals surface area contributed by atoms with E-state index < -0.39 is 5.97 Å². The van der Waals surface area contributed by atoms with Crippen LogP contribution in [0.25, 0.3) is 0 Å². The Morgan fingerprint density at radius 2 is 2.27 bits per heavy atom. The van der Waals surface area contributed by atoms with Crippen LogP contribution in [0, 0.1) is 13.8 Å². The quantitative estimate of drug-likeness (QED) is 0.755. The SMILES string of the molecule is Cc1cc(C(=O)OCC(=O)NC[C@@H]2CCCO2)c(C)n1Cc1cccs1. The zero-order chi connectivity index (χ0) is 18.5. The van der Waals surface area contributed by atoms with Crippen LogP contribution in [0.1, 0.15) is 39.5 Å². The molecule has 1 saturated heterocycles. The Morgan fingerprint density at radius 3 is 2.96 bits per heavy atom. The fourth-order valence-electron chi connectivity index (χ4n) is 3.10. The van der Waals surface area contributed by atoms with Crippen LogP contribution in [-0.2, 0) is 20.8 Å². The molecule has 1 atom stereocenters. The van der Waals surface area contributed by atoms with E-state index in [4.69, 9.17) is 9.47 Å². The first-order valence-electron chi connectivity index (χ1n) is 8.79. The molecule has 0 aromatic carbocycles. The van der Waals surface area contributed by atoms with Gasteiger partial charge < -0.3 is 19.4 Å². The Bertz CT molecular complexity index is 761. The van der Waals surface area contributed by atoms with Crippen molar-refractivity contribution in [3.8, 4) is 0 Å². The van der Waals surface area contributed by atoms with E-state index in [1.54, 1.807) is 11.3 Å². The lowest BCUT2D eigenvalue weighted by Gasteiger charge is -2.11. The van der Waals surface area contributed by atoms with E-state index in [9.17, 15) is 9.59 Å². The standard InChI is InChI=1S/C19H24N2O4S/c1-13-9-17(14(2)21(13)11-16-6-4-8-26-16)19(23)25-12-18(22)20-10-15-5-3-7-24-15/h4,6,8-9,15H,3,5,7,10-12H2,1-2H3,(H,20,22)/t15-/m0/s1. The second-order valence-electron chi connectivity index (χ2n) is 6.47. The van der Waals surface area contributed by atoms with E-state index in [1.807, 2.05) is 31.4 Å². The summed E-state index contributed by atoms with van der Waals surface area (Å²) in [5.74, 6) is -0.774. The predicted octanol–water partition coefficient (Wildman–Crippen LogP) is 2.67. The van der Waals surface area contributed by atoms with Crippen molar-refractivity contribution in [2.75, 3.05) is 19.8 Å². The van der Waals surface area contributed by atoms with Crippen LogP contribution in [0.5, 0.6) is 0 Å². The number of nitrogens with zero attached hydrogens (tertiary/aromatic N) is 1. The number of amides is 1. The Balaban J connectivity index is 1.53. The number of carbonyl (C=O) groups excluding carboxylic acids is 2. The predicted molar refractivity (Wildman–Crippen MR) is 99.6 cm³/mol. The molecule has 1 N–H and O–H groups in total. The summed E-state index contributed by atoms with van der Waals surface area (Å²) in [4.78, 5) is 25.4. The van der Waals surface area contributed by atoms with E-state index in [0.717, 1.165) is 37.4 Å². The number of rotatable bonds is 7. The Kier molecular flexibility index (Phi) is 6.11. The van der Waals surface area contributed by atoms with Crippen molar-refractivity contribution >= 4 is 23.2 Å². The molecule has 6 nitrogen and oxygen atoms in total. The Morgan fingerprint density at radius 1 is 1.42 bits per heavy atom. The van der Waals surface area contributed by atoms with Crippen LogP contribution in [0.2, 0.25) is 0 Å². The molecule has 0 spiro atoms. The van der Waals surface area contributed by atoms with Gasteiger partial charge in [0.1, 0.15) is 0 Å². The summed E-state index contributed by atoms with van der Waals surface area (Å²) in [6.07, 6.45) is 2.05. The van der Waals surface area contributed by atoms with E-state index in [1.165, 1.54) is 4.88 Å². The zero-order valence-electron chi connectivity index (χ0n) is 15.1. The lowest BCUT2D eigenvalue weighted by molar-refractivity contribution is -0.124. The lowest BCUT2D eigenvalue weighted by Crippen LogP contribution is -2.34. The molecular formula is C19H24N2O4S. The number of esters is 1. The topological polar surface area (TPSA) is 69.6 Å². The largest absolute Gasteiger partial charge is 0.452 e. The minimum absolute atomic E-state index is 0.0748. The van der Waals surface area contributed by atoms with Crippen LogP contribution in [0.4, 0.5) is 0 Å². The minimum Gasteiger partial charge on any atom is -0.452 e. The minimum atomic E-state index is -0.470. The molecule has 3 heterocycles. The van der Waals surface area contributed by atoms with E-state index in [0.29, 0.717) is 12.1 Å². The third-order valence-electron chi connectivity index (χ3n) is 4.57. The smallest absolute Gasteiger partial charge is 0.340 e. The summed E-state index contributed by atoms with van der Waals surface area (Å²) < 4.78 is 12.7. The lowest BCUT2D eigenvalue weighted by atomic mass is 10.2. The molecule has 0 saturated carbocycles. The summed E-state index contributed by atoms with van der Waals surface area (Å²) in [5, 5.41) is 4.78. The molecular weight excluding hydrogens is 352 g/mol. The number of ether oxygens (including phenoxy) is 2. The van der Waals surface area contributed by atoms with Gasteiger partial charge in [-0.25, -0.2) is 4.79 Å². The van der Waals surface area contributed by atoms with Gasteiger partial charge in [0.2, 0.25) is 0 Å². The third kappa shape index (κ3) is 4.53. The summed E-state index contributed by atoms with van der Waals surface area (Å²) in [6.45, 7) is 5.52. The van der Waals surface area contributed by atoms with Gasteiger partial charge in [0.05, 0.1) is 18.2 Å². The monoisotopic (exact) mass is 376 g/mol. The fraction of sp³-hybridized carbons (Fsp3) is 0.474. The van der Waals surface area contributed by atoms with Gasteiger partial charge in [-0.15, -0.1) is 11.3 Å². The van der Waals surface area contributed by atoms with Crippen molar-refractivity contribution in [1.29, 1.82) is 0 Å². The first kappa shape index (κ1) is 18.7. The molecule has 2 aromatic rings.